The molecule has 0 aliphatic carbocycles. The fourth-order valence-electron chi connectivity index (χ4n) is 10.3. The molecular weight excluding hydrogens is 923 g/mol. The van der Waals surface area contributed by atoms with Gasteiger partial charge in [-0.05, 0) is 89.9 Å². The number of unbranched alkanes of at least 4 members (excludes halogenated alkanes) is 44. The molecule has 0 aliphatic rings. The van der Waals surface area contributed by atoms with Crippen molar-refractivity contribution in [3.05, 3.63) is 48.6 Å². The van der Waals surface area contributed by atoms with Gasteiger partial charge in [-0.1, -0.05) is 300 Å². The number of carbonyl (C=O) groups is 2. The van der Waals surface area contributed by atoms with Crippen molar-refractivity contribution < 1.29 is 24.5 Å². The molecule has 0 aromatic heterocycles. The Morgan fingerprint density at radius 2 is 0.707 bits per heavy atom. The maximum Gasteiger partial charge on any atom is 0.305 e. The SMILES string of the molecule is CCCCCC/C=C\C/C=C\CCCCCCCCCC(=O)OCCCCC/C=C\C=C/CCCCCCCCC(=O)NC(CO)C(O)CCCCCCCCCCCCCCCCCCCCCCCCCCC. The summed E-state index contributed by atoms with van der Waals surface area (Å²) in [6.07, 6.45) is 82.8. The monoisotopic (exact) mass is 1050 g/mol. The molecule has 0 radical (unpaired) electrons. The number of hydrogen-bond donors (Lipinski definition) is 3. The van der Waals surface area contributed by atoms with E-state index in [0.717, 1.165) is 83.5 Å². The van der Waals surface area contributed by atoms with Crippen LogP contribution in [0.25, 0.3) is 0 Å². The molecule has 0 saturated heterocycles. The molecule has 2 atom stereocenters. The minimum Gasteiger partial charge on any atom is -0.466 e. The molecular formula is C69H129NO5. The topological polar surface area (TPSA) is 95.9 Å². The van der Waals surface area contributed by atoms with Crippen LogP contribution in [0.5, 0.6) is 0 Å². The van der Waals surface area contributed by atoms with Crippen LogP contribution in [0.4, 0.5) is 0 Å². The molecule has 0 saturated carbocycles. The number of hydrogen-bond acceptors (Lipinski definition) is 5. The van der Waals surface area contributed by atoms with E-state index in [1.165, 1.54) is 238 Å². The summed E-state index contributed by atoms with van der Waals surface area (Å²) in [6, 6.07) is -0.561. The zero-order valence-corrected chi connectivity index (χ0v) is 50.3. The summed E-state index contributed by atoms with van der Waals surface area (Å²) in [5.41, 5.74) is 0. The van der Waals surface area contributed by atoms with Gasteiger partial charge in [-0.2, -0.15) is 0 Å². The lowest BCUT2D eigenvalue weighted by Crippen LogP contribution is -2.45. The number of carbonyl (C=O) groups excluding carboxylic acids is 2. The van der Waals surface area contributed by atoms with Gasteiger partial charge in [0.1, 0.15) is 0 Å². The summed E-state index contributed by atoms with van der Waals surface area (Å²) >= 11 is 0. The standard InChI is InChI=1S/C69H129NO5/c1-3-5-7-9-11-13-15-17-19-21-23-24-25-26-27-28-29-30-33-37-41-45-49-53-57-61-67(72)66(65-71)70-68(73)62-58-54-50-46-42-38-34-32-36-40-44-48-52-56-60-64-75-69(74)63-59-55-51-47-43-39-35-31-22-20-18-16-14-12-10-8-6-4-2/h14,16,20,22,32,36,40,44,66-67,71-72H,3-13,15,17-19,21,23-31,33-35,37-39,41-43,45-65H2,1-2H3,(H,70,73)/b16-14-,22-20-,36-32-,44-40-. The molecule has 6 heteroatoms. The van der Waals surface area contributed by atoms with Gasteiger partial charge in [0, 0.05) is 12.8 Å². The average Bonchev–Trinajstić information content (AvgIpc) is 3.41. The summed E-state index contributed by atoms with van der Waals surface area (Å²) in [7, 11) is 0. The maximum absolute atomic E-state index is 12.5. The summed E-state index contributed by atoms with van der Waals surface area (Å²) in [6.45, 7) is 4.90. The first-order valence-corrected chi connectivity index (χ1v) is 33.4. The predicted octanol–water partition coefficient (Wildman–Crippen LogP) is 21.3. The van der Waals surface area contributed by atoms with E-state index in [9.17, 15) is 19.8 Å². The van der Waals surface area contributed by atoms with Crippen LogP contribution in [0.1, 0.15) is 354 Å². The fraction of sp³-hybridized carbons (Fsp3) is 0.855. The van der Waals surface area contributed by atoms with Crippen LogP contribution < -0.4 is 5.32 Å². The van der Waals surface area contributed by atoms with E-state index in [2.05, 4.69) is 67.8 Å². The van der Waals surface area contributed by atoms with Crippen LogP contribution in [0.3, 0.4) is 0 Å². The minimum atomic E-state index is -0.682. The van der Waals surface area contributed by atoms with Crippen molar-refractivity contribution in [2.24, 2.45) is 0 Å². The molecule has 0 aliphatic heterocycles. The number of esters is 1. The van der Waals surface area contributed by atoms with Crippen LogP contribution in [0.2, 0.25) is 0 Å². The molecule has 1 amide bonds. The quantitative estimate of drug-likeness (QED) is 0.0244. The third kappa shape index (κ3) is 60.9. The molecule has 75 heavy (non-hydrogen) atoms. The summed E-state index contributed by atoms with van der Waals surface area (Å²) in [5.74, 6) is -0.0832. The molecule has 0 heterocycles. The van der Waals surface area contributed by atoms with Crippen LogP contribution in [0, 0.1) is 0 Å². The number of aliphatic hydroxyl groups excluding tert-OH is 2. The third-order valence-electron chi connectivity index (χ3n) is 15.4. The lowest BCUT2D eigenvalue weighted by atomic mass is 10.0. The van der Waals surface area contributed by atoms with Crippen molar-refractivity contribution in [3.63, 3.8) is 0 Å². The number of aliphatic hydroxyl groups is 2. The maximum atomic E-state index is 12.5. The second-order valence-electron chi connectivity index (χ2n) is 22.8. The van der Waals surface area contributed by atoms with Crippen molar-refractivity contribution in [2.75, 3.05) is 13.2 Å². The third-order valence-corrected chi connectivity index (χ3v) is 15.4. The first-order valence-electron chi connectivity index (χ1n) is 33.4. The van der Waals surface area contributed by atoms with Gasteiger partial charge < -0.3 is 20.3 Å². The fourth-order valence-corrected chi connectivity index (χ4v) is 10.3. The molecule has 6 nitrogen and oxygen atoms in total. The van der Waals surface area contributed by atoms with E-state index in [1.807, 2.05) is 0 Å². The van der Waals surface area contributed by atoms with E-state index in [-0.39, 0.29) is 18.5 Å². The van der Waals surface area contributed by atoms with Crippen LogP contribution in [0.15, 0.2) is 48.6 Å². The molecule has 0 aromatic rings. The van der Waals surface area contributed by atoms with Gasteiger partial charge in [0.05, 0.1) is 25.4 Å². The van der Waals surface area contributed by atoms with Crippen LogP contribution >= 0.6 is 0 Å². The Morgan fingerprint density at radius 1 is 0.387 bits per heavy atom. The number of nitrogens with one attached hydrogen (secondary N) is 1. The molecule has 0 aromatic carbocycles. The van der Waals surface area contributed by atoms with E-state index in [0.29, 0.717) is 25.9 Å². The first kappa shape index (κ1) is 72.8. The van der Waals surface area contributed by atoms with E-state index < -0.39 is 12.1 Å². The second-order valence-corrected chi connectivity index (χ2v) is 22.8. The highest BCUT2D eigenvalue weighted by Gasteiger charge is 2.20. The van der Waals surface area contributed by atoms with Crippen molar-refractivity contribution in [1.82, 2.24) is 5.32 Å². The highest BCUT2D eigenvalue weighted by atomic mass is 16.5. The highest BCUT2D eigenvalue weighted by molar-refractivity contribution is 5.76. The zero-order valence-electron chi connectivity index (χ0n) is 50.3. The van der Waals surface area contributed by atoms with E-state index >= 15 is 0 Å². The normalized spacial score (nSPS) is 12.9. The summed E-state index contributed by atoms with van der Waals surface area (Å²) in [5, 5.41) is 23.4. The van der Waals surface area contributed by atoms with Crippen molar-refractivity contribution in [2.45, 2.75) is 366 Å². The highest BCUT2D eigenvalue weighted by Crippen LogP contribution is 2.18. The van der Waals surface area contributed by atoms with Gasteiger partial charge in [0.15, 0.2) is 0 Å². The number of rotatable bonds is 62. The van der Waals surface area contributed by atoms with Gasteiger partial charge in [-0.15, -0.1) is 0 Å². The second kappa shape index (κ2) is 64.3. The van der Waals surface area contributed by atoms with Gasteiger partial charge >= 0.3 is 5.97 Å². The number of allylic oxidation sites excluding steroid dienone is 8. The summed E-state index contributed by atoms with van der Waals surface area (Å²) in [4.78, 5) is 24.6. The molecule has 0 spiro atoms. The van der Waals surface area contributed by atoms with E-state index in [4.69, 9.17) is 4.74 Å². The van der Waals surface area contributed by atoms with Gasteiger partial charge in [0.25, 0.3) is 0 Å². The Morgan fingerprint density at radius 3 is 1.11 bits per heavy atom. The molecule has 440 valence electrons. The van der Waals surface area contributed by atoms with Crippen molar-refractivity contribution in [1.29, 1.82) is 0 Å². The molecule has 0 bridgehead atoms. The zero-order chi connectivity index (χ0) is 54.3. The Labute approximate surface area is 467 Å². The number of ether oxygens (including phenoxy) is 1. The van der Waals surface area contributed by atoms with Gasteiger partial charge in [0.2, 0.25) is 5.91 Å². The van der Waals surface area contributed by atoms with E-state index in [1.54, 1.807) is 0 Å². The summed E-state index contributed by atoms with van der Waals surface area (Å²) < 4.78 is 5.46. The van der Waals surface area contributed by atoms with Crippen molar-refractivity contribution >= 4 is 11.9 Å². The molecule has 0 fully saturated rings. The Balaban J connectivity index is 3.50. The lowest BCUT2D eigenvalue weighted by molar-refractivity contribution is -0.143. The van der Waals surface area contributed by atoms with Gasteiger partial charge in [-0.3, -0.25) is 9.59 Å². The Kier molecular flexibility index (Phi) is 62.5. The van der Waals surface area contributed by atoms with Crippen LogP contribution in [-0.2, 0) is 14.3 Å². The molecule has 2 unspecified atom stereocenters. The van der Waals surface area contributed by atoms with Crippen molar-refractivity contribution in [3.8, 4) is 0 Å². The van der Waals surface area contributed by atoms with Gasteiger partial charge in [-0.25, -0.2) is 0 Å². The van der Waals surface area contributed by atoms with Crippen LogP contribution in [-0.4, -0.2) is 47.4 Å². The lowest BCUT2D eigenvalue weighted by Gasteiger charge is -2.22. The Bertz CT molecular complexity index is 1260. The minimum absolute atomic E-state index is 0.0284. The largest absolute Gasteiger partial charge is 0.466 e. The molecule has 3 N–H and O–H groups in total. The Hall–Kier alpha value is -2.18. The molecule has 0 rings (SSSR count). The average molecular weight is 1050 g/mol. The smallest absolute Gasteiger partial charge is 0.305 e. The first-order chi connectivity index (χ1) is 37.0. The predicted molar refractivity (Wildman–Crippen MR) is 329 cm³/mol. The number of amides is 1.